The van der Waals surface area contributed by atoms with Gasteiger partial charge in [0.1, 0.15) is 5.25 Å². The van der Waals surface area contributed by atoms with Gasteiger partial charge in [0.25, 0.3) is 5.91 Å². The van der Waals surface area contributed by atoms with Gasteiger partial charge >= 0.3 is 0 Å². The normalized spacial score (nSPS) is 13.3. The van der Waals surface area contributed by atoms with E-state index in [1.807, 2.05) is 33.9 Å². The van der Waals surface area contributed by atoms with Crippen LogP contribution in [0.2, 0.25) is 18.1 Å². The van der Waals surface area contributed by atoms with Crippen LogP contribution in [-0.2, 0) is 19.1 Å². The third-order valence-corrected chi connectivity index (χ3v) is 12.5. The van der Waals surface area contributed by atoms with E-state index in [9.17, 15) is 23.2 Å². The second-order valence-corrected chi connectivity index (χ2v) is 16.3. The highest BCUT2D eigenvalue weighted by molar-refractivity contribution is 7.92. The van der Waals surface area contributed by atoms with Crippen LogP contribution < -0.4 is 5.32 Å². The molecule has 0 fully saturated rings. The number of hydrogen-bond acceptors (Lipinski definition) is 6. The number of rotatable bonds is 10. The van der Waals surface area contributed by atoms with Crippen molar-refractivity contribution in [3.63, 3.8) is 0 Å². The fourth-order valence-corrected chi connectivity index (χ4v) is 5.39. The summed E-state index contributed by atoms with van der Waals surface area (Å²) in [4.78, 5) is 23.3. The molecule has 180 valence electrons. The first-order valence-electron chi connectivity index (χ1n) is 10.5. The number of benzene rings is 2. The van der Waals surface area contributed by atoms with E-state index in [0.717, 1.165) is 0 Å². The van der Waals surface area contributed by atoms with E-state index in [0.29, 0.717) is 16.3 Å². The zero-order valence-corrected chi connectivity index (χ0v) is 21.4. The first kappa shape index (κ1) is 26.7. The summed E-state index contributed by atoms with van der Waals surface area (Å²) >= 11 is 0. The summed E-state index contributed by atoms with van der Waals surface area (Å²) in [7, 11) is -6.22. The van der Waals surface area contributed by atoms with Crippen LogP contribution in [0.5, 0.6) is 0 Å². The van der Waals surface area contributed by atoms with E-state index in [2.05, 4.69) is 5.32 Å². The van der Waals surface area contributed by atoms with Gasteiger partial charge in [-0.25, -0.2) is 13.5 Å². The number of hydroxylamine groups is 2. The molecule has 0 saturated heterocycles. The predicted molar refractivity (Wildman–Crippen MR) is 130 cm³/mol. The van der Waals surface area contributed by atoms with Gasteiger partial charge in [-0.2, -0.15) is 0 Å². The fraction of sp³-hybridized carbons (Fsp3) is 0.391. The van der Waals surface area contributed by atoms with Crippen LogP contribution in [0, 0.1) is 0 Å². The Morgan fingerprint density at radius 1 is 1.12 bits per heavy atom. The van der Waals surface area contributed by atoms with E-state index >= 15 is 0 Å². The van der Waals surface area contributed by atoms with Gasteiger partial charge in [-0.3, -0.25) is 14.8 Å². The molecule has 2 rings (SSSR count). The number of anilines is 1. The van der Waals surface area contributed by atoms with Crippen molar-refractivity contribution in [1.82, 2.24) is 5.06 Å². The summed E-state index contributed by atoms with van der Waals surface area (Å²) in [5.74, 6) is -0.311. The van der Waals surface area contributed by atoms with Crippen LogP contribution in [0.3, 0.4) is 0 Å². The van der Waals surface area contributed by atoms with Crippen molar-refractivity contribution in [3.05, 3.63) is 60.2 Å². The molecule has 0 spiro atoms. The lowest BCUT2D eigenvalue weighted by Crippen LogP contribution is -2.46. The monoisotopic (exact) mass is 492 g/mol. The molecule has 0 aromatic heterocycles. The largest absolute Gasteiger partial charge is 0.415 e. The van der Waals surface area contributed by atoms with E-state index in [4.69, 9.17) is 4.43 Å². The molecule has 0 heterocycles. The maximum absolute atomic E-state index is 13.3. The van der Waals surface area contributed by atoms with Crippen LogP contribution in [0.15, 0.2) is 59.5 Å². The molecule has 1 atom stereocenters. The number of nitrogens with one attached hydrogen (secondary N) is 1. The van der Waals surface area contributed by atoms with Crippen molar-refractivity contribution in [3.8, 4) is 0 Å². The van der Waals surface area contributed by atoms with Crippen LogP contribution in [0.25, 0.3) is 0 Å². The summed E-state index contributed by atoms with van der Waals surface area (Å²) in [6, 6.07) is 14.4. The molecule has 0 aliphatic heterocycles. The highest BCUT2D eigenvalue weighted by Crippen LogP contribution is 2.37. The molecule has 0 radical (unpaired) electrons. The molecule has 10 heteroatoms. The van der Waals surface area contributed by atoms with Gasteiger partial charge in [-0.05, 0) is 54.5 Å². The Hall–Kier alpha value is -2.53. The number of nitrogens with zero attached hydrogens (tertiary/aromatic N) is 1. The lowest BCUT2D eigenvalue weighted by molar-refractivity contribution is -0.149. The first-order chi connectivity index (χ1) is 15.3. The number of carbonyl (C=O) groups is 2. The van der Waals surface area contributed by atoms with E-state index < -0.39 is 29.9 Å². The van der Waals surface area contributed by atoms with Gasteiger partial charge < -0.3 is 9.74 Å². The van der Waals surface area contributed by atoms with E-state index in [1.165, 1.54) is 24.3 Å². The van der Waals surface area contributed by atoms with Gasteiger partial charge in [0.05, 0.1) is 18.0 Å². The van der Waals surface area contributed by atoms with Crippen molar-refractivity contribution in [2.45, 2.75) is 49.0 Å². The molecule has 0 aliphatic carbocycles. The number of hydrogen-bond donors (Lipinski definition) is 2. The summed E-state index contributed by atoms with van der Waals surface area (Å²) in [5.41, 5.74) is 0.919. The van der Waals surface area contributed by atoms with Crippen LogP contribution in [0.1, 0.15) is 31.1 Å². The Labute approximate surface area is 196 Å². The Balaban J connectivity index is 2.22. The molecular weight excluding hydrogens is 460 g/mol. The summed E-state index contributed by atoms with van der Waals surface area (Å²) in [6.07, 6.45) is 0.164. The van der Waals surface area contributed by atoms with E-state index in [1.54, 1.807) is 30.3 Å². The van der Waals surface area contributed by atoms with Gasteiger partial charge in [-0.1, -0.05) is 39.0 Å². The smallest absolute Gasteiger partial charge is 0.255 e. The molecule has 0 saturated carbocycles. The second kappa shape index (κ2) is 10.6. The fourth-order valence-electron chi connectivity index (χ4n) is 2.72. The SMILES string of the molecule is CC(C)(C)[Si](C)(C)OCC(CN(O)C=O)S(=O)(=O)c1ccc(NC(=O)c2ccccc2)cc1. The molecule has 0 bridgehead atoms. The number of carbonyl (C=O) groups excluding carboxylic acids is 2. The highest BCUT2D eigenvalue weighted by atomic mass is 32.2. The van der Waals surface area contributed by atoms with Gasteiger partial charge in [-0.15, -0.1) is 0 Å². The first-order valence-corrected chi connectivity index (χ1v) is 15.0. The molecular formula is C23H32N2O6SSi. The standard InChI is InChI=1S/C23H32N2O6SSi/c1-23(2,3)33(4,5)31-16-21(15-25(28)17-26)32(29,30)20-13-11-19(12-14-20)24-22(27)18-9-7-6-8-10-18/h6-14,17,21,28H,15-16H2,1-5H3,(H,24,27). The van der Waals surface area contributed by atoms with Gasteiger partial charge in [0.2, 0.25) is 6.41 Å². The zero-order chi connectivity index (χ0) is 24.9. The quantitative estimate of drug-likeness (QED) is 0.225. The maximum atomic E-state index is 13.3. The van der Waals surface area contributed by atoms with Gasteiger partial charge in [0, 0.05) is 11.3 Å². The third-order valence-electron chi connectivity index (χ3n) is 5.86. The molecule has 2 aromatic rings. The number of amides is 2. The minimum Gasteiger partial charge on any atom is -0.415 e. The predicted octanol–water partition coefficient (Wildman–Crippen LogP) is 3.95. The molecule has 0 aliphatic rings. The average molecular weight is 493 g/mol. The van der Waals surface area contributed by atoms with Gasteiger partial charge in [0.15, 0.2) is 18.2 Å². The summed E-state index contributed by atoms with van der Waals surface area (Å²) in [6.45, 7) is 9.52. The molecule has 1 unspecified atom stereocenters. The Kier molecular flexibility index (Phi) is 8.58. The lowest BCUT2D eigenvalue weighted by Gasteiger charge is -2.37. The summed E-state index contributed by atoms with van der Waals surface area (Å²) < 4.78 is 32.7. The highest BCUT2D eigenvalue weighted by Gasteiger charge is 2.39. The molecule has 33 heavy (non-hydrogen) atoms. The van der Waals surface area contributed by atoms with E-state index in [-0.39, 0.29) is 28.9 Å². The Bertz CT molecular complexity index is 1050. The van der Waals surface area contributed by atoms with Crippen molar-refractivity contribution in [2.75, 3.05) is 18.5 Å². The van der Waals surface area contributed by atoms with Crippen LogP contribution in [-0.4, -0.2) is 57.7 Å². The Morgan fingerprint density at radius 2 is 1.70 bits per heavy atom. The molecule has 2 N–H and O–H groups in total. The molecule has 8 nitrogen and oxygen atoms in total. The topological polar surface area (TPSA) is 113 Å². The van der Waals surface area contributed by atoms with Crippen molar-refractivity contribution in [2.24, 2.45) is 0 Å². The van der Waals surface area contributed by atoms with Crippen LogP contribution >= 0.6 is 0 Å². The molecule has 2 amide bonds. The van der Waals surface area contributed by atoms with Crippen molar-refractivity contribution >= 4 is 36.2 Å². The summed E-state index contributed by atoms with van der Waals surface area (Å²) in [5, 5.41) is 11.4. The van der Waals surface area contributed by atoms with Crippen molar-refractivity contribution < 1.29 is 27.6 Å². The lowest BCUT2D eigenvalue weighted by atomic mass is 10.2. The van der Waals surface area contributed by atoms with Crippen LogP contribution in [0.4, 0.5) is 5.69 Å². The van der Waals surface area contributed by atoms with Crippen molar-refractivity contribution in [1.29, 1.82) is 0 Å². The Morgan fingerprint density at radius 3 is 2.21 bits per heavy atom. The maximum Gasteiger partial charge on any atom is 0.255 e. The third kappa shape index (κ3) is 6.97. The average Bonchev–Trinajstić information content (AvgIpc) is 2.76. The second-order valence-electron chi connectivity index (χ2n) is 9.31. The minimum absolute atomic E-state index is 0.00309. The zero-order valence-electron chi connectivity index (χ0n) is 19.6. The minimum atomic E-state index is -3.95. The molecule has 2 aromatic carbocycles. The number of sulfone groups is 1.